The van der Waals surface area contributed by atoms with Crippen LogP contribution in [-0.2, 0) is 18.4 Å². The zero-order valence-corrected chi connectivity index (χ0v) is 14.3. The van der Waals surface area contributed by atoms with E-state index in [4.69, 9.17) is 9.47 Å². The molecule has 21 heavy (non-hydrogen) atoms. The van der Waals surface area contributed by atoms with Gasteiger partial charge in [0, 0.05) is 21.2 Å². The number of aromatic nitrogens is 4. The van der Waals surface area contributed by atoms with Gasteiger partial charge < -0.3 is 14.8 Å². The first-order valence-electron chi connectivity index (χ1n) is 6.34. The van der Waals surface area contributed by atoms with Crippen molar-refractivity contribution in [1.82, 2.24) is 19.7 Å². The fraction of sp³-hybridized carbons (Fsp3) is 0.462. The van der Waals surface area contributed by atoms with Crippen LogP contribution in [0.5, 0.6) is 5.88 Å². The zero-order valence-electron chi connectivity index (χ0n) is 12.7. The van der Waals surface area contributed by atoms with Crippen LogP contribution >= 0.6 is 15.9 Å². The second-order valence-corrected chi connectivity index (χ2v) is 5.23. The predicted molar refractivity (Wildman–Crippen MR) is 83.5 cm³/mol. The van der Waals surface area contributed by atoms with Gasteiger partial charge in [-0.05, 0) is 22.9 Å². The Labute approximate surface area is 131 Å². The van der Waals surface area contributed by atoms with Crippen LogP contribution < -0.4 is 10.1 Å². The summed E-state index contributed by atoms with van der Waals surface area (Å²) in [6.07, 6.45) is 0. The summed E-state index contributed by atoms with van der Waals surface area (Å²) in [6.45, 7) is 2.28. The van der Waals surface area contributed by atoms with Gasteiger partial charge in [-0.15, -0.1) is 0 Å². The maximum atomic E-state index is 5.41. The molecule has 0 aliphatic carbocycles. The molecule has 0 bridgehead atoms. The number of nitrogens with zero attached hydrogens (tertiary/aromatic N) is 4. The molecular formula is C13H18BrN5O2. The molecule has 0 aliphatic heterocycles. The van der Waals surface area contributed by atoms with Crippen molar-refractivity contribution in [3.63, 3.8) is 0 Å². The molecule has 1 N–H and O–H groups in total. The Morgan fingerprint density at radius 1 is 1.29 bits per heavy atom. The third-order valence-electron chi connectivity index (χ3n) is 3.02. The molecule has 0 atom stereocenters. The number of hydrogen-bond donors (Lipinski definition) is 1. The first kappa shape index (κ1) is 15.7. The van der Waals surface area contributed by atoms with Crippen LogP contribution in [0.3, 0.4) is 0 Å². The summed E-state index contributed by atoms with van der Waals surface area (Å²) in [5.74, 6) is 1.87. The molecule has 114 valence electrons. The minimum atomic E-state index is 0.381. The lowest BCUT2D eigenvalue weighted by Gasteiger charge is -2.11. The lowest BCUT2D eigenvalue weighted by Crippen LogP contribution is -2.05. The zero-order chi connectivity index (χ0) is 15.6. The van der Waals surface area contributed by atoms with Crippen LogP contribution in [-0.4, -0.2) is 41.0 Å². The van der Waals surface area contributed by atoms with Crippen molar-refractivity contribution in [3.8, 4) is 17.3 Å². The molecule has 0 radical (unpaired) electrons. The molecule has 0 fully saturated rings. The van der Waals surface area contributed by atoms with Crippen molar-refractivity contribution < 1.29 is 9.47 Å². The van der Waals surface area contributed by atoms with Gasteiger partial charge in [0.1, 0.15) is 11.4 Å². The van der Waals surface area contributed by atoms with Crippen molar-refractivity contribution in [3.05, 3.63) is 15.9 Å². The van der Waals surface area contributed by atoms with E-state index >= 15 is 0 Å². The Hall–Kier alpha value is -1.67. The summed E-state index contributed by atoms with van der Waals surface area (Å²) in [5.41, 5.74) is 2.35. The third kappa shape index (κ3) is 2.86. The van der Waals surface area contributed by atoms with Gasteiger partial charge >= 0.3 is 0 Å². The van der Waals surface area contributed by atoms with Gasteiger partial charge in [-0.3, -0.25) is 0 Å². The summed E-state index contributed by atoms with van der Waals surface area (Å²) in [6, 6.07) is 0. The fourth-order valence-corrected chi connectivity index (χ4v) is 2.62. The first-order chi connectivity index (χ1) is 10.0. The average molecular weight is 356 g/mol. The number of aryl methyl sites for hydroxylation is 2. The van der Waals surface area contributed by atoms with E-state index in [0.29, 0.717) is 24.1 Å². The number of ether oxygens (including phenoxy) is 2. The number of methoxy groups -OCH3 is 2. The van der Waals surface area contributed by atoms with E-state index in [0.717, 1.165) is 21.4 Å². The Balaban J connectivity index is 2.66. The number of nitrogens with one attached hydrogen (secondary N) is 1. The second kappa shape index (κ2) is 6.40. The predicted octanol–water partition coefficient (Wildman–Crippen LogP) is 2.14. The van der Waals surface area contributed by atoms with Gasteiger partial charge in [0.2, 0.25) is 5.88 Å². The number of hydrogen-bond acceptors (Lipinski definition) is 6. The molecule has 0 aliphatic rings. The minimum Gasteiger partial charge on any atom is -0.481 e. The van der Waals surface area contributed by atoms with Gasteiger partial charge in [0.05, 0.1) is 29.6 Å². The quantitative estimate of drug-likeness (QED) is 0.885. The number of rotatable bonds is 5. The SMILES string of the molecule is CNc1nc(-c2c(C)nn(C)c2OC)nc(COC)c1Br. The van der Waals surface area contributed by atoms with Crippen molar-refractivity contribution in [2.45, 2.75) is 13.5 Å². The first-order valence-corrected chi connectivity index (χ1v) is 7.13. The van der Waals surface area contributed by atoms with E-state index in [1.165, 1.54) is 0 Å². The van der Waals surface area contributed by atoms with Crippen LogP contribution in [0, 0.1) is 6.92 Å². The number of anilines is 1. The topological polar surface area (TPSA) is 74.1 Å². The van der Waals surface area contributed by atoms with E-state index in [-0.39, 0.29) is 0 Å². The summed E-state index contributed by atoms with van der Waals surface area (Å²) < 4.78 is 13.1. The van der Waals surface area contributed by atoms with E-state index in [2.05, 4.69) is 36.3 Å². The standard InChI is InChI=1S/C13H18BrN5O2/c1-7-9(13(21-5)19(3)18-7)11-16-8(6-20-4)10(14)12(15-2)17-11/h6H2,1-5H3,(H,15,16,17). The maximum absolute atomic E-state index is 5.41. The summed E-state index contributed by atoms with van der Waals surface area (Å²) >= 11 is 3.49. The molecule has 2 aromatic heterocycles. The molecule has 0 aromatic carbocycles. The van der Waals surface area contributed by atoms with Crippen molar-refractivity contribution >= 4 is 21.7 Å². The van der Waals surface area contributed by atoms with Crippen LogP contribution in [0.15, 0.2) is 4.47 Å². The van der Waals surface area contributed by atoms with Gasteiger partial charge in [-0.25, -0.2) is 14.6 Å². The average Bonchev–Trinajstić information content (AvgIpc) is 2.75. The highest BCUT2D eigenvalue weighted by molar-refractivity contribution is 9.10. The Kier molecular flexibility index (Phi) is 4.79. The number of halogens is 1. The molecule has 0 spiro atoms. The Morgan fingerprint density at radius 2 is 2.00 bits per heavy atom. The van der Waals surface area contributed by atoms with Crippen LogP contribution in [0.4, 0.5) is 5.82 Å². The van der Waals surface area contributed by atoms with Crippen LogP contribution in [0.2, 0.25) is 0 Å². The summed E-state index contributed by atoms with van der Waals surface area (Å²) in [4.78, 5) is 9.10. The van der Waals surface area contributed by atoms with Gasteiger partial charge in [-0.2, -0.15) is 5.10 Å². The van der Waals surface area contributed by atoms with Gasteiger partial charge in [0.25, 0.3) is 0 Å². The molecule has 0 unspecified atom stereocenters. The smallest absolute Gasteiger partial charge is 0.222 e. The van der Waals surface area contributed by atoms with Gasteiger partial charge in [-0.1, -0.05) is 0 Å². The van der Waals surface area contributed by atoms with Crippen LogP contribution in [0.1, 0.15) is 11.4 Å². The Bertz CT molecular complexity index is 656. The fourth-order valence-electron chi connectivity index (χ4n) is 2.13. The molecule has 0 saturated carbocycles. The van der Waals surface area contributed by atoms with E-state index in [1.807, 2.05) is 14.0 Å². The Morgan fingerprint density at radius 3 is 2.57 bits per heavy atom. The highest BCUT2D eigenvalue weighted by Gasteiger charge is 2.21. The highest BCUT2D eigenvalue weighted by Crippen LogP contribution is 2.33. The normalized spacial score (nSPS) is 10.8. The summed E-state index contributed by atoms with van der Waals surface area (Å²) in [7, 11) is 6.86. The largest absolute Gasteiger partial charge is 0.481 e. The van der Waals surface area contributed by atoms with Crippen molar-refractivity contribution in [2.24, 2.45) is 7.05 Å². The second-order valence-electron chi connectivity index (χ2n) is 4.43. The molecule has 8 heteroatoms. The molecule has 2 aromatic rings. The van der Waals surface area contributed by atoms with E-state index in [9.17, 15) is 0 Å². The van der Waals surface area contributed by atoms with Crippen molar-refractivity contribution in [1.29, 1.82) is 0 Å². The molecule has 2 rings (SSSR count). The highest BCUT2D eigenvalue weighted by atomic mass is 79.9. The minimum absolute atomic E-state index is 0.381. The molecule has 2 heterocycles. The monoisotopic (exact) mass is 355 g/mol. The van der Waals surface area contributed by atoms with Crippen LogP contribution in [0.25, 0.3) is 11.4 Å². The molecule has 0 saturated heterocycles. The maximum Gasteiger partial charge on any atom is 0.222 e. The molecule has 7 nitrogen and oxygen atoms in total. The van der Waals surface area contributed by atoms with E-state index < -0.39 is 0 Å². The molecular weight excluding hydrogens is 338 g/mol. The van der Waals surface area contributed by atoms with Crippen molar-refractivity contribution in [2.75, 3.05) is 26.6 Å². The third-order valence-corrected chi connectivity index (χ3v) is 3.86. The lowest BCUT2D eigenvalue weighted by atomic mass is 10.2. The van der Waals surface area contributed by atoms with E-state index in [1.54, 1.807) is 25.9 Å². The lowest BCUT2D eigenvalue weighted by molar-refractivity contribution is 0.181. The summed E-state index contributed by atoms with van der Waals surface area (Å²) in [5, 5.41) is 7.41. The van der Waals surface area contributed by atoms with Gasteiger partial charge in [0.15, 0.2) is 5.82 Å². The molecule has 0 amide bonds.